The molecule has 1 saturated carbocycles. The van der Waals surface area contributed by atoms with E-state index >= 15 is 0 Å². The number of hydrogen-bond donors (Lipinski definition) is 6. The number of methoxy groups -OCH3 is 1. The van der Waals surface area contributed by atoms with Crippen molar-refractivity contribution < 1.29 is 44.9 Å². The smallest absolute Gasteiger partial charge is 0.262 e. The molecule has 0 saturated heterocycles. The number of carbonyl (C=O) groups excluding carboxylic acids is 1. The third-order valence-corrected chi connectivity index (χ3v) is 10.0. The normalized spacial score (nSPS) is 34.5. The fourth-order valence-electron chi connectivity index (χ4n) is 7.76. The number of aliphatic hydroxyl groups is 4. The number of aromatic hydroxyl groups is 2. The van der Waals surface area contributed by atoms with E-state index in [-0.39, 0.29) is 51.3 Å². The van der Waals surface area contributed by atoms with Gasteiger partial charge in [-0.15, -0.1) is 0 Å². The third kappa shape index (κ3) is 3.76. The van der Waals surface area contributed by atoms with Crippen molar-refractivity contribution in [2.75, 3.05) is 7.11 Å². The highest BCUT2D eigenvalue weighted by atomic mass is 35.5. The lowest BCUT2D eigenvalue weighted by atomic mass is 9.58. The van der Waals surface area contributed by atoms with Gasteiger partial charge >= 0.3 is 0 Å². The Morgan fingerprint density at radius 3 is 2.44 bits per heavy atom. The highest BCUT2D eigenvalue weighted by Gasteiger charge is 2.61. The first-order valence-corrected chi connectivity index (χ1v) is 14.3. The molecular weight excluding hydrogens is 558 g/mol. The molecule has 6 unspecified atom stereocenters. The average molecular weight is 592 g/mol. The Hall–Kier alpha value is -2.67. The maximum atomic E-state index is 13.8. The SMILES string of the molecule is CCCc1c(Cl)c2c(O)c3c(c(O)c2c(=O)n1C)C1C(O)C2C(=O)C4=C(OC2C(OC)C1CC3)[C@@H](O)C[C@H](O)[C@@H]4O. The van der Waals surface area contributed by atoms with E-state index in [9.17, 15) is 40.2 Å². The van der Waals surface area contributed by atoms with Crippen LogP contribution in [-0.4, -0.2) is 84.7 Å². The molecule has 0 bridgehead atoms. The van der Waals surface area contributed by atoms with Crippen LogP contribution in [0.1, 0.15) is 48.9 Å². The Bertz CT molecular complexity index is 1550. The lowest BCUT2D eigenvalue weighted by Gasteiger charge is -2.53. The van der Waals surface area contributed by atoms with Gasteiger partial charge in [-0.3, -0.25) is 9.59 Å². The van der Waals surface area contributed by atoms with Crippen LogP contribution in [0.5, 0.6) is 11.5 Å². The Morgan fingerprint density at radius 1 is 1.07 bits per heavy atom. The summed E-state index contributed by atoms with van der Waals surface area (Å²) in [5.74, 6) is -4.25. The zero-order valence-corrected chi connectivity index (χ0v) is 23.6. The van der Waals surface area contributed by atoms with E-state index in [1.165, 1.54) is 11.7 Å². The predicted octanol–water partition coefficient (Wildman–Crippen LogP) is 0.916. The van der Waals surface area contributed by atoms with Gasteiger partial charge in [0.05, 0.1) is 45.6 Å². The molecule has 6 rings (SSSR count). The summed E-state index contributed by atoms with van der Waals surface area (Å²) in [4.78, 5) is 27.4. The quantitative estimate of drug-likeness (QED) is 0.281. The van der Waals surface area contributed by atoms with Crippen molar-refractivity contribution in [1.29, 1.82) is 0 Å². The second kappa shape index (κ2) is 9.96. The van der Waals surface area contributed by atoms with Crippen molar-refractivity contribution in [3.8, 4) is 11.5 Å². The van der Waals surface area contributed by atoms with Crippen LogP contribution in [0.15, 0.2) is 16.1 Å². The standard InChI is InChI=1S/C29H34ClNO10/c1-4-5-11-20(30)16-17(29(39)31(11)2)23(36)14-9(21(16)34)6-7-10-15(14)24(37)19-25(38)18-22(35)12(32)8-13(33)27(18)41-28(19)26(10)40-3/h10,12-13,15,19,22,24,26,28,32-37H,4-8H2,1-3H3/t10?,12-,13-,15?,19?,22-,24?,26?,28?/m0/s1. The number of phenols is 2. The van der Waals surface area contributed by atoms with Crippen LogP contribution >= 0.6 is 11.6 Å². The molecule has 1 aromatic heterocycles. The molecule has 0 amide bonds. The monoisotopic (exact) mass is 591 g/mol. The summed E-state index contributed by atoms with van der Waals surface area (Å²) in [5, 5.41) is 66.5. The first-order valence-electron chi connectivity index (χ1n) is 13.9. The zero-order valence-electron chi connectivity index (χ0n) is 22.9. The predicted molar refractivity (Wildman–Crippen MR) is 146 cm³/mol. The molecule has 2 aromatic rings. The zero-order chi connectivity index (χ0) is 29.7. The fourth-order valence-corrected chi connectivity index (χ4v) is 8.16. The molecule has 222 valence electrons. The molecule has 9 atom stereocenters. The van der Waals surface area contributed by atoms with Gasteiger partial charge in [-0.2, -0.15) is 0 Å². The van der Waals surface area contributed by atoms with Gasteiger partial charge in [-0.25, -0.2) is 0 Å². The number of rotatable bonds is 3. The number of Topliss-reactive ketones (excluding diaryl/α,β-unsaturated/α-hetero) is 1. The van der Waals surface area contributed by atoms with Gasteiger partial charge in [0.15, 0.2) is 5.78 Å². The van der Waals surface area contributed by atoms with Crippen molar-refractivity contribution in [2.45, 2.75) is 81.6 Å². The van der Waals surface area contributed by atoms with E-state index in [2.05, 4.69) is 0 Å². The summed E-state index contributed by atoms with van der Waals surface area (Å²) >= 11 is 6.71. The van der Waals surface area contributed by atoms with Crippen molar-refractivity contribution in [3.63, 3.8) is 0 Å². The Labute approximate surface area is 240 Å². The lowest BCUT2D eigenvalue weighted by molar-refractivity contribution is -0.184. The summed E-state index contributed by atoms with van der Waals surface area (Å²) in [7, 11) is 2.97. The number of hydrogen-bond acceptors (Lipinski definition) is 10. The number of carbonyl (C=O) groups is 1. The molecule has 0 spiro atoms. The Balaban J connectivity index is 1.56. The topological polar surface area (TPSA) is 179 Å². The maximum absolute atomic E-state index is 13.8. The first-order chi connectivity index (χ1) is 19.5. The highest BCUT2D eigenvalue weighted by molar-refractivity contribution is 6.37. The van der Waals surface area contributed by atoms with Crippen molar-refractivity contribution in [3.05, 3.63) is 43.5 Å². The molecule has 1 aliphatic heterocycles. The van der Waals surface area contributed by atoms with Crippen molar-refractivity contribution >= 4 is 28.2 Å². The van der Waals surface area contributed by atoms with Crippen LogP contribution in [0.4, 0.5) is 0 Å². The van der Waals surface area contributed by atoms with Gasteiger partial charge in [0.2, 0.25) is 0 Å². The van der Waals surface area contributed by atoms with E-state index < -0.39 is 71.5 Å². The van der Waals surface area contributed by atoms with Crippen LogP contribution in [0.3, 0.4) is 0 Å². The number of benzene rings is 1. The van der Waals surface area contributed by atoms with Crippen LogP contribution in [0, 0.1) is 11.8 Å². The average Bonchev–Trinajstić information content (AvgIpc) is 2.94. The summed E-state index contributed by atoms with van der Waals surface area (Å²) in [5.41, 5.74) is 0.147. The molecule has 4 aliphatic rings. The highest BCUT2D eigenvalue weighted by Crippen LogP contribution is 2.57. The maximum Gasteiger partial charge on any atom is 0.262 e. The van der Waals surface area contributed by atoms with Gasteiger partial charge in [0.25, 0.3) is 5.56 Å². The number of aliphatic hydroxyl groups excluding tert-OH is 4. The number of fused-ring (bicyclic) bond motifs is 5. The van der Waals surface area contributed by atoms with Gasteiger partial charge in [0.1, 0.15) is 35.6 Å². The number of aromatic nitrogens is 1. The minimum Gasteiger partial charge on any atom is -0.507 e. The molecule has 12 heteroatoms. The van der Waals surface area contributed by atoms with Gasteiger partial charge < -0.3 is 44.7 Å². The number of ether oxygens (including phenoxy) is 2. The Morgan fingerprint density at radius 2 is 1.78 bits per heavy atom. The van der Waals surface area contributed by atoms with E-state index in [4.69, 9.17) is 21.1 Å². The molecule has 0 radical (unpaired) electrons. The Kier molecular flexibility index (Phi) is 6.91. The van der Waals surface area contributed by atoms with Crippen LogP contribution in [0.2, 0.25) is 5.02 Å². The lowest BCUT2D eigenvalue weighted by Crippen LogP contribution is -2.63. The van der Waals surface area contributed by atoms with E-state index in [0.717, 1.165) is 0 Å². The first kappa shape index (κ1) is 28.4. The third-order valence-electron chi connectivity index (χ3n) is 9.63. The summed E-state index contributed by atoms with van der Waals surface area (Å²) in [6.07, 6.45) is -6.02. The van der Waals surface area contributed by atoms with Crippen LogP contribution in [-0.2, 0) is 34.2 Å². The van der Waals surface area contributed by atoms with E-state index in [1.807, 2.05) is 6.92 Å². The van der Waals surface area contributed by atoms with E-state index in [1.54, 1.807) is 7.05 Å². The van der Waals surface area contributed by atoms with Crippen LogP contribution < -0.4 is 5.56 Å². The molecular formula is C29H34ClNO10. The minimum absolute atomic E-state index is 0.0551. The van der Waals surface area contributed by atoms with Crippen molar-refractivity contribution in [2.24, 2.45) is 18.9 Å². The summed E-state index contributed by atoms with van der Waals surface area (Å²) in [6, 6.07) is 0. The second-order valence-corrected chi connectivity index (χ2v) is 12.0. The van der Waals surface area contributed by atoms with Gasteiger partial charge in [-0.1, -0.05) is 24.9 Å². The number of halogens is 1. The second-order valence-electron chi connectivity index (χ2n) is 11.6. The molecule has 6 N–H and O–H groups in total. The molecule has 3 aliphatic carbocycles. The number of phenolic OH excluding ortho intramolecular Hbond substituents is 2. The van der Waals surface area contributed by atoms with Gasteiger partial charge in [0, 0.05) is 43.3 Å². The molecule has 2 heterocycles. The minimum atomic E-state index is -1.62. The number of pyridine rings is 1. The van der Waals surface area contributed by atoms with E-state index in [0.29, 0.717) is 30.5 Å². The van der Waals surface area contributed by atoms with Crippen LogP contribution in [0.25, 0.3) is 10.8 Å². The fraction of sp³-hybridized carbons (Fsp3) is 0.586. The van der Waals surface area contributed by atoms with Crippen molar-refractivity contribution in [1.82, 2.24) is 4.57 Å². The molecule has 41 heavy (non-hydrogen) atoms. The molecule has 1 aromatic carbocycles. The van der Waals surface area contributed by atoms with Gasteiger partial charge in [-0.05, 0) is 25.2 Å². The molecule has 11 nitrogen and oxygen atoms in total. The largest absolute Gasteiger partial charge is 0.507 e. The number of ketones is 1. The summed E-state index contributed by atoms with van der Waals surface area (Å²) in [6.45, 7) is 1.93. The number of nitrogens with zero attached hydrogens (tertiary/aromatic N) is 1. The molecule has 1 fully saturated rings. The summed E-state index contributed by atoms with van der Waals surface area (Å²) < 4.78 is 13.3.